The molecular formula is C11H25NSi. The topological polar surface area (TPSA) is 3.24 Å². The van der Waals surface area contributed by atoms with Crippen molar-refractivity contribution in [2.45, 2.75) is 40.2 Å². The molecule has 0 rings (SSSR count). The lowest BCUT2D eigenvalue weighted by Gasteiger charge is -2.17. The number of allylic oxidation sites excluding steroid dienone is 1. The van der Waals surface area contributed by atoms with Crippen molar-refractivity contribution in [3.63, 3.8) is 0 Å². The van der Waals surface area contributed by atoms with Gasteiger partial charge >= 0.3 is 0 Å². The van der Waals surface area contributed by atoms with Crippen molar-refractivity contribution in [1.29, 1.82) is 0 Å². The molecule has 0 aromatic carbocycles. The molecule has 2 heteroatoms. The summed E-state index contributed by atoms with van der Waals surface area (Å²) < 4.78 is 0. The first-order valence-electron chi connectivity index (χ1n) is 5.56. The van der Waals surface area contributed by atoms with E-state index in [0.717, 1.165) is 0 Å². The zero-order chi connectivity index (χ0) is 10.1. The van der Waals surface area contributed by atoms with Crippen molar-refractivity contribution in [3.8, 4) is 0 Å². The van der Waals surface area contributed by atoms with Gasteiger partial charge < -0.3 is 4.90 Å². The van der Waals surface area contributed by atoms with E-state index in [0.29, 0.717) is 0 Å². The molecule has 0 aliphatic heterocycles. The van der Waals surface area contributed by atoms with Gasteiger partial charge in [-0.1, -0.05) is 25.5 Å². The van der Waals surface area contributed by atoms with Crippen molar-refractivity contribution in [3.05, 3.63) is 11.3 Å². The first-order valence-corrected chi connectivity index (χ1v) is 7.38. The maximum absolute atomic E-state index is 2.51. The fourth-order valence-electron chi connectivity index (χ4n) is 1.41. The number of rotatable bonds is 7. The summed E-state index contributed by atoms with van der Waals surface area (Å²) in [5, 5.41) is 0. The predicted octanol–water partition coefficient (Wildman–Crippen LogP) is 2.23. The minimum Gasteiger partial charge on any atom is -0.304 e. The SMILES string of the molecule is CCN(CC)CCC[SiH2]C=C(C)C. The highest BCUT2D eigenvalue weighted by Gasteiger charge is 1.96. The highest BCUT2D eigenvalue weighted by Crippen LogP contribution is 1.96. The molecule has 13 heavy (non-hydrogen) atoms. The standard InChI is InChI=1S/C11H25NSi/c1-5-12(6-2)8-7-9-13-10-11(3)4/h10H,5-9,13H2,1-4H3. The number of nitrogens with zero attached hydrogens (tertiary/aromatic N) is 1. The Morgan fingerprint density at radius 3 is 2.31 bits per heavy atom. The quantitative estimate of drug-likeness (QED) is 0.449. The van der Waals surface area contributed by atoms with Gasteiger partial charge in [0, 0.05) is 9.52 Å². The van der Waals surface area contributed by atoms with E-state index >= 15 is 0 Å². The van der Waals surface area contributed by atoms with Crippen LogP contribution in [0.5, 0.6) is 0 Å². The van der Waals surface area contributed by atoms with Gasteiger partial charge in [0.15, 0.2) is 0 Å². The second-order valence-corrected chi connectivity index (χ2v) is 5.50. The van der Waals surface area contributed by atoms with Crippen molar-refractivity contribution in [2.75, 3.05) is 19.6 Å². The zero-order valence-electron chi connectivity index (χ0n) is 9.77. The van der Waals surface area contributed by atoms with Crippen LogP contribution in [0, 0.1) is 0 Å². The van der Waals surface area contributed by atoms with Crippen LogP contribution in [0.1, 0.15) is 34.1 Å². The fraction of sp³-hybridized carbons (Fsp3) is 0.818. The van der Waals surface area contributed by atoms with Gasteiger partial charge in [-0.25, -0.2) is 0 Å². The van der Waals surface area contributed by atoms with E-state index in [1.807, 2.05) is 0 Å². The third kappa shape index (κ3) is 8.25. The minimum atomic E-state index is 0.117. The van der Waals surface area contributed by atoms with E-state index in [-0.39, 0.29) is 9.52 Å². The Bertz CT molecular complexity index is 135. The predicted molar refractivity (Wildman–Crippen MR) is 65.2 cm³/mol. The normalized spacial score (nSPS) is 11.5. The molecule has 0 N–H and O–H groups in total. The Balaban J connectivity index is 3.29. The Kier molecular flexibility index (Phi) is 8.46. The van der Waals surface area contributed by atoms with Crippen molar-refractivity contribution in [2.24, 2.45) is 0 Å². The molecule has 0 fully saturated rings. The average molecular weight is 199 g/mol. The summed E-state index contributed by atoms with van der Waals surface area (Å²) in [6.07, 6.45) is 1.40. The van der Waals surface area contributed by atoms with Gasteiger partial charge in [-0.2, -0.15) is 0 Å². The molecule has 0 aromatic heterocycles. The Morgan fingerprint density at radius 1 is 1.23 bits per heavy atom. The molecule has 0 bridgehead atoms. The summed E-state index contributed by atoms with van der Waals surface area (Å²) in [4.78, 5) is 2.51. The Hall–Kier alpha value is -0.0831. The molecule has 0 radical (unpaired) electrons. The van der Waals surface area contributed by atoms with Crippen molar-refractivity contribution in [1.82, 2.24) is 4.90 Å². The average Bonchev–Trinajstić information content (AvgIpc) is 2.11. The Morgan fingerprint density at radius 2 is 1.85 bits per heavy atom. The molecule has 0 saturated carbocycles. The van der Waals surface area contributed by atoms with Gasteiger partial charge in [0.25, 0.3) is 0 Å². The van der Waals surface area contributed by atoms with Gasteiger partial charge in [-0.3, -0.25) is 0 Å². The molecule has 0 heterocycles. The van der Waals surface area contributed by atoms with Gasteiger partial charge in [-0.05, 0) is 39.9 Å². The summed E-state index contributed by atoms with van der Waals surface area (Å²) in [6.45, 7) is 12.6. The van der Waals surface area contributed by atoms with Crippen LogP contribution in [0.3, 0.4) is 0 Å². The number of hydrogen-bond donors (Lipinski definition) is 0. The van der Waals surface area contributed by atoms with E-state index in [2.05, 4.69) is 38.3 Å². The Labute approximate surface area is 86.0 Å². The molecule has 0 spiro atoms. The van der Waals surface area contributed by atoms with Crippen LogP contribution >= 0.6 is 0 Å². The lowest BCUT2D eigenvalue weighted by Crippen LogP contribution is -2.24. The molecule has 0 aromatic rings. The molecule has 78 valence electrons. The second-order valence-electron chi connectivity index (χ2n) is 3.80. The molecule has 1 nitrogen and oxygen atoms in total. The summed E-state index contributed by atoms with van der Waals surface area (Å²) in [5.74, 6) is 0. The minimum absolute atomic E-state index is 0.117. The molecule has 0 unspecified atom stereocenters. The summed E-state index contributed by atoms with van der Waals surface area (Å²) >= 11 is 0. The van der Waals surface area contributed by atoms with E-state index in [9.17, 15) is 0 Å². The van der Waals surface area contributed by atoms with Crippen LogP contribution in [-0.4, -0.2) is 34.1 Å². The summed E-state index contributed by atoms with van der Waals surface area (Å²) in [6, 6.07) is 1.47. The van der Waals surface area contributed by atoms with Crippen LogP contribution in [0.25, 0.3) is 0 Å². The van der Waals surface area contributed by atoms with Crippen LogP contribution in [0.15, 0.2) is 11.3 Å². The van der Waals surface area contributed by atoms with E-state index in [1.165, 1.54) is 37.7 Å². The zero-order valence-corrected chi connectivity index (χ0v) is 11.2. The largest absolute Gasteiger partial charge is 0.304 e. The number of hydrogen-bond acceptors (Lipinski definition) is 1. The van der Waals surface area contributed by atoms with Crippen molar-refractivity contribution >= 4 is 9.52 Å². The summed E-state index contributed by atoms with van der Waals surface area (Å²) in [5.41, 5.74) is 3.98. The lowest BCUT2D eigenvalue weighted by molar-refractivity contribution is 0.304. The maximum Gasteiger partial charge on any atom is 0.0453 e. The third-order valence-electron chi connectivity index (χ3n) is 2.38. The van der Waals surface area contributed by atoms with E-state index in [4.69, 9.17) is 0 Å². The maximum atomic E-state index is 2.51. The fourth-order valence-corrected chi connectivity index (χ4v) is 2.70. The van der Waals surface area contributed by atoms with Crippen LogP contribution in [0.4, 0.5) is 0 Å². The molecule has 0 aliphatic rings. The van der Waals surface area contributed by atoms with Crippen molar-refractivity contribution < 1.29 is 0 Å². The lowest BCUT2D eigenvalue weighted by atomic mass is 10.4. The van der Waals surface area contributed by atoms with Gasteiger partial charge in [-0.15, -0.1) is 5.70 Å². The van der Waals surface area contributed by atoms with Crippen LogP contribution in [0.2, 0.25) is 6.04 Å². The van der Waals surface area contributed by atoms with Gasteiger partial charge in [0.05, 0.1) is 0 Å². The molecule has 0 amide bonds. The smallest absolute Gasteiger partial charge is 0.0453 e. The van der Waals surface area contributed by atoms with E-state index in [1.54, 1.807) is 0 Å². The van der Waals surface area contributed by atoms with E-state index < -0.39 is 0 Å². The summed E-state index contributed by atoms with van der Waals surface area (Å²) in [7, 11) is 0.117. The second kappa shape index (κ2) is 8.51. The first kappa shape index (κ1) is 12.9. The van der Waals surface area contributed by atoms with Gasteiger partial charge in [0.2, 0.25) is 0 Å². The van der Waals surface area contributed by atoms with Crippen LogP contribution < -0.4 is 0 Å². The monoisotopic (exact) mass is 199 g/mol. The third-order valence-corrected chi connectivity index (χ3v) is 4.39. The first-order chi connectivity index (χ1) is 6.20. The van der Waals surface area contributed by atoms with Crippen LogP contribution in [-0.2, 0) is 0 Å². The highest BCUT2D eigenvalue weighted by molar-refractivity contribution is 6.42. The van der Waals surface area contributed by atoms with Gasteiger partial charge in [0.1, 0.15) is 0 Å². The molecule has 0 aliphatic carbocycles. The molecule has 0 saturated heterocycles. The highest BCUT2D eigenvalue weighted by atomic mass is 28.2. The molecule has 0 atom stereocenters. The molecular weight excluding hydrogens is 174 g/mol.